The van der Waals surface area contributed by atoms with Gasteiger partial charge in [-0.25, -0.2) is 4.98 Å². The maximum atomic E-state index is 5.50. The first-order valence-electron chi connectivity index (χ1n) is 9.60. The van der Waals surface area contributed by atoms with E-state index in [2.05, 4.69) is 53.2 Å². The molecule has 3 aromatic rings. The van der Waals surface area contributed by atoms with Crippen molar-refractivity contribution in [3.63, 3.8) is 0 Å². The highest BCUT2D eigenvalue weighted by molar-refractivity contribution is 5.81. The molecule has 1 heterocycles. The summed E-state index contributed by atoms with van der Waals surface area (Å²) in [6.07, 6.45) is 10.8. The molecule has 1 aliphatic rings. The number of hydrogen-bond donors (Lipinski definition) is 0. The molecule has 0 spiro atoms. The van der Waals surface area contributed by atoms with Gasteiger partial charge < -0.3 is 9.30 Å². The lowest BCUT2D eigenvalue weighted by Gasteiger charge is -2.23. The van der Waals surface area contributed by atoms with Crippen molar-refractivity contribution in [3.8, 4) is 28.3 Å². The van der Waals surface area contributed by atoms with Gasteiger partial charge in [0.25, 0.3) is 0 Å². The van der Waals surface area contributed by atoms with Crippen LogP contribution in [0, 0.1) is 5.92 Å². The lowest BCUT2D eigenvalue weighted by molar-refractivity contribution is 0.320. The minimum atomic E-state index is 0.766. The van der Waals surface area contributed by atoms with Crippen LogP contribution in [0.4, 0.5) is 0 Å². The monoisotopic (exact) mass is 346 g/mol. The van der Waals surface area contributed by atoms with E-state index in [1.54, 1.807) is 7.11 Å². The van der Waals surface area contributed by atoms with E-state index in [4.69, 9.17) is 9.72 Å². The molecule has 0 atom stereocenters. The first-order chi connectivity index (χ1) is 12.8. The Morgan fingerprint density at radius 1 is 1.00 bits per heavy atom. The number of hydrogen-bond acceptors (Lipinski definition) is 2. The van der Waals surface area contributed by atoms with Crippen molar-refractivity contribution in [1.29, 1.82) is 0 Å². The van der Waals surface area contributed by atoms with Crippen molar-refractivity contribution >= 4 is 0 Å². The van der Waals surface area contributed by atoms with Crippen LogP contribution >= 0.6 is 0 Å². The number of benzene rings is 2. The Kier molecular flexibility index (Phi) is 5.05. The predicted octanol–water partition coefficient (Wildman–Crippen LogP) is 5.81. The summed E-state index contributed by atoms with van der Waals surface area (Å²) in [5.41, 5.74) is 3.54. The Morgan fingerprint density at radius 3 is 2.58 bits per heavy atom. The van der Waals surface area contributed by atoms with Crippen LogP contribution in [-0.4, -0.2) is 16.7 Å². The standard InChI is InChI=1S/C23H26N2O/c1-26-20-12-13-21(19-10-6-3-7-11-19)22(16-20)23-24-14-15-25(23)17-18-8-4-2-5-9-18/h3,6-7,10-16,18H,2,4-5,8-9,17H2,1H3. The highest BCUT2D eigenvalue weighted by atomic mass is 16.5. The van der Waals surface area contributed by atoms with Crippen molar-refractivity contribution in [2.24, 2.45) is 5.92 Å². The normalized spacial score (nSPS) is 15.1. The predicted molar refractivity (Wildman–Crippen MR) is 106 cm³/mol. The molecule has 4 rings (SSSR count). The topological polar surface area (TPSA) is 27.1 Å². The first-order valence-corrected chi connectivity index (χ1v) is 9.60. The number of ether oxygens (including phenoxy) is 1. The molecule has 1 saturated carbocycles. The van der Waals surface area contributed by atoms with Gasteiger partial charge in [-0.05, 0) is 48.1 Å². The van der Waals surface area contributed by atoms with Gasteiger partial charge in [0.1, 0.15) is 11.6 Å². The molecular formula is C23H26N2O. The van der Waals surface area contributed by atoms with Crippen LogP contribution in [0.15, 0.2) is 60.9 Å². The summed E-state index contributed by atoms with van der Waals surface area (Å²) in [7, 11) is 1.72. The molecule has 1 fully saturated rings. The van der Waals surface area contributed by atoms with E-state index < -0.39 is 0 Å². The third-order valence-electron chi connectivity index (χ3n) is 5.45. The number of nitrogens with zero attached hydrogens (tertiary/aromatic N) is 2. The lowest BCUT2D eigenvalue weighted by Crippen LogP contribution is -2.14. The van der Waals surface area contributed by atoms with Crippen LogP contribution in [-0.2, 0) is 6.54 Å². The van der Waals surface area contributed by atoms with Crippen LogP contribution in [0.2, 0.25) is 0 Å². The third-order valence-corrected chi connectivity index (χ3v) is 5.45. The van der Waals surface area contributed by atoms with E-state index in [0.29, 0.717) is 0 Å². The average Bonchev–Trinajstić information content (AvgIpc) is 3.17. The Bertz CT molecular complexity index is 848. The zero-order valence-corrected chi connectivity index (χ0v) is 15.4. The summed E-state index contributed by atoms with van der Waals surface area (Å²) in [5.74, 6) is 2.67. The van der Waals surface area contributed by atoms with E-state index in [9.17, 15) is 0 Å². The van der Waals surface area contributed by atoms with Crippen molar-refractivity contribution in [2.75, 3.05) is 7.11 Å². The highest BCUT2D eigenvalue weighted by Gasteiger charge is 2.18. The highest BCUT2D eigenvalue weighted by Crippen LogP contribution is 2.35. The van der Waals surface area contributed by atoms with Gasteiger partial charge in [0.05, 0.1) is 7.11 Å². The van der Waals surface area contributed by atoms with Gasteiger partial charge in [0.15, 0.2) is 0 Å². The second-order valence-corrected chi connectivity index (χ2v) is 7.18. The fourth-order valence-corrected chi connectivity index (χ4v) is 4.05. The molecule has 0 aliphatic heterocycles. The summed E-state index contributed by atoms with van der Waals surface area (Å²) in [6.45, 7) is 1.06. The molecule has 2 aromatic carbocycles. The molecule has 0 radical (unpaired) electrons. The van der Waals surface area contributed by atoms with Crippen molar-refractivity contribution < 1.29 is 4.74 Å². The summed E-state index contributed by atoms with van der Waals surface area (Å²) < 4.78 is 7.83. The third kappa shape index (κ3) is 3.52. The van der Waals surface area contributed by atoms with Gasteiger partial charge in [0, 0.05) is 24.5 Å². The minimum absolute atomic E-state index is 0.766. The molecule has 1 aliphatic carbocycles. The largest absolute Gasteiger partial charge is 0.497 e. The van der Waals surface area contributed by atoms with Crippen LogP contribution < -0.4 is 4.74 Å². The summed E-state index contributed by atoms with van der Waals surface area (Å²) in [6, 6.07) is 16.8. The maximum Gasteiger partial charge on any atom is 0.140 e. The van der Waals surface area contributed by atoms with E-state index in [1.165, 1.54) is 43.2 Å². The fourth-order valence-electron chi connectivity index (χ4n) is 4.05. The summed E-state index contributed by atoms with van der Waals surface area (Å²) in [5, 5.41) is 0. The van der Waals surface area contributed by atoms with E-state index in [1.807, 2.05) is 12.3 Å². The number of imidazole rings is 1. The quantitative estimate of drug-likeness (QED) is 0.583. The Hall–Kier alpha value is -2.55. The second kappa shape index (κ2) is 7.77. The summed E-state index contributed by atoms with van der Waals surface area (Å²) >= 11 is 0. The molecule has 0 unspecified atom stereocenters. The first kappa shape index (κ1) is 16.9. The van der Waals surface area contributed by atoms with Crippen LogP contribution in [0.5, 0.6) is 5.75 Å². The van der Waals surface area contributed by atoms with Gasteiger partial charge >= 0.3 is 0 Å². The molecule has 3 nitrogen and oxygen atoms in total. The number of aromatic nitrogens is 2. The van der Waals surface area contributed by atoms with Gasteiger partial charge in [-0.15, -0.1) is 0 Å². The van der Waals surface area contributed by atoms with Gasteiger partial charge in [-0.2, -0.15) is 0 Å². The van der Waals surface area contributed by atoms with Crippen LogP contribution in [0.1, 0.15) is 32.1 Å². The zero-order valence-electron chi connectivity index (χ0n) is 15.4. The molecule has 0 bridgehead atoms. The maximum absolute atomic E-state index is 5.50. The van der Waals surface area contributed by atoms with Gasteiger partial charge in [-0.1, -0.05) is 49.6 Å². The van der Waals surface area contributed by atoms with Gasteiger partial charge in [0.2, 0.25) is 0 Å². The zero-order chi connectivity index (χ0) is 17.8. The van der Waals surface area contributed by atoms with E-state index in [0.717, 1.165) is 29.6 Å². The van der Waals surface area contributed by atoms with Gasteiger partial charge in [-0.3, -0.25) is 0 Å². The minimum Gasteiger partial charge on any atom is -0.497 e. The molecule has 0 saturated heterocycles. The lowest BCUT2D eigenvalue weighted by atomic mass is 9.89. The van der Waals surface area contributed by atoms with Crippen LogP contribution in [0.3, 0.4) is 0 Å². The Labute approximate surface area is 155 Å². The average molecular weight is 346 g/mol. The van der Waals surface area contributed by atoms with E-state index in [-0.39, 0.29) is 0 Å². The molecule has 0 amide bonds. The Balaban J connectivity index is 1.74. The van der Waals surface area contributed by atoms with Crippen molar-refractivity contribution in [3.05, 3.63) is 60.9 Å². The molecule has 26 heavy (non-hydrogen) atoms. The second-order valence-electron chi connectivity index (χ2n) is 7.18. The summed E-state index contributed by atoms with van der Waals surface area (Å²) in [4.78, 5) is 4.72. The molecular weight excluding hydrogens is 320 g/mol. The molecule has 1 aromatic heterocycles. The van der Waals surface area contributed by atoms with E-state index >= 15 is 0 Å². The molecule has 134 valence electrons. The molecule has 3 heteroatoms. The SMILES string of the molecule is COc1ccc(-c2ccccc2)c(-c2nccn2CC2CCCCC2)c1. The Morgan fingerprint density at radius 2 is 1.81 bits per heavy atom. The molecule has 0 N–H and O–H groups in total. The van der Waals surface area contributed by atoms with Crippen molar-refractivity contribution in [2.45, 2.75) is 38.6 Å². The van der Waals surface area contributed by atoms with Crippen molar-refractivity contribution in [1.82, 2.24) is 9.55 Å². The number of rotatable bonds is 5. The number of methoxy groups -OCH3 is 1. The smallest absolute Gasteiger partial charge is 0.140 e. The van der Waals surface area contributed by atoms with Crippen LogP contribution in [0.25, 0.3) is 22.5 Å². The fraction of sp³-hybridized carbons (Fsp3) is 0.348.